The molecule has 0 radical (unpaired) electrons. The molecule has 23 heavy (non-hydrogen) atoms. The third-order valence-electron chi connectivity index (χ3n) is 3.39. The van der Waals surface area contributed by atoms with Crippen molar-refractivity contribution in [3.8, 4) is 0 Å². The van der Waals surface area contributed by atoms with Gasteiger partial charge in [-0.15, -0.1) is 11.8 Å². The molecule has 0 fully saturated rings. The summed E-state index contributed by atoms with van der Waals surface area (Å²) in [5.41, 5.74) is 0.431. The number of Topliss-reactive ketones (excluding diaryl/α,β-unsaturated/α-hetero) is 1. The molecule has 2 aromatic carbocycles. The highest BCUT2D eigenvalue weighted by molar-refractivity contribution is 8.14. The molecule has 1 unspecified atom stereocenters. The Morgan fingerprint density at radius 3 is 2.13 bits per heavy atom. The molecule has 0 aliphatic rings. The molecule has 0 amide bonds. The van der Waals surface area contributed by atoms with Crippen LogP contribution in [0.15, 0.2) is 65.6 Å². The van der Waals surface area contributed by atoms with Gasteiger partial charge in [0.15, 0.2) is 20.2 Å². The van der Waals surface area contributed by atoms with E-state index in [9.17, 15) is 13.2 Å². The van der Waals surface area contributed by atoms with Gasteiger partial charge in [-0.25, -0.2) is 8.42 Å². The molecule has 0 aliphatic heterocycles. The second kappa shape index (κ2) is 8.31. The molecule has 0 spiro atoms. The maximum Gasteiger partial charge on any atom is 0.198 e. The summed E-state index contributed by atoms with van der Waals surface area (Å²) < 4.78 is 24.7. The Morgan fingerprint density at radius 2 is 1.57 bits per heavy atom. The lowest BCUT2D eigenvalue weighted by atomic mass is 10.1. The van der Waals surface area contributed by atoms with Crippen LogP contribution in [0.25, 0.3) is 0 Å². The topological polar surface area (TPSA) is 51.2 Å². The van der Waals surface area contributed by atoms with Crippen LogP contribution in [0.3, 0.4) is 0 Å². The van der Waals surface area contributed by atoms with Gasteiger partial charge in [-0.3, -0.25) is 4.79 Å². The van der Waals surface area contributed by atoms with Gasteiger partial charge in [0, 0.05) is 5.56 Å². The lowest BCUT2D eigenvalue weighted by Gasteiger charge is -2.16. The first kappa shape index (κ1) is 17.8. The first-order valence-electron chi connectivity index (χ1n) is 7.57. The zero-order valence-electron chi connectivity index (χ0n) is 13.0. The van der Waals surface area contributed by atoms with Crippen molar-refractivity contribution < 1.29 is 13.2 Å². The predicted molar refractivity (Wildman–Crippen MR) is 95.6 cm³/mol. The van der Waals surface area contributed by atoms with Crippen molar-refractivity contribution in [3.05, 3.63) is 66.2 Å². The summed E-state index contributed by atoms with van der Waals surface area (Å²) in [6, 6.07) is 16.8. The highest BCUT2D eigenvalue weighted by Gasteiger charge is 2.34. The molecule has 0 heterocycles. The zero-order chi connectivity index (χ0) is 16.7. The largest absolute Gasteiger partial charge is 0.292 e. The van der Waals surface area contributed by atoms with Gasteiger partial charge in [-0.1, -0.05) is 61.9 Å². The van der Waals surface area contributed by atoms with Crippen LogP contribution >= 0.6 is 11.8 Å². The standard InChI is InChI=1S/C18H20O3S2/c1-2-3-14-22-18(17(19)15-10-6-4-7-11-15)23(20,21)16-12-8-5-9-13-16/h4-13,18H,2-3,14H2,1H3. The average molecular weight is 348 g/mol. The van der Waals surface area contributed by atoms with Crippen LogP contribution in [-0.2, 0) is 9.84 Å². The summed E-state index contributed by atoms with van der Waals surface area (Å²) in [6.07, 6.45) is 1.85. The highest BCUT2D eigenvalue weighted by atomic mass is 32.3. The number of rotatable bonds is 8. The minimum absolute atomic E-state index is 0.193. The van der Waals surface area contributed by atoms with Gasteiger partial charge in [-0.2, -0.15) is 0 Å². The van der Waals surface area contributed by atoms with E-state index in [2.05, 4.69) is 0 Å². The zero-order valence-corrected chi connectivity index (χ0v) is 14.6. The molecule has 2 rings (SSSR count). The van der Waals surface area contributed by atoms with Crippen molar-refractivity contribution in [1.29, 1.82) is 0 Å². The molecule has 0 aromatic heterocycles. The van der Waals surface area contributed by atoms with E-state index in [1.807, 2.05) is 13.0 Å². The molecular weight excluding hydrogens is 328 g/mol. The van der Waals surface area contributed by atoms with Crippen LogP contribution in [-0.4, -0.2) is 24.5 Å². The van der Waals surface area contributed by atoms with E-state index in [-0.39, 0.29) is 10.7 Å². The van der Waals surface area contributed by atoms with Crippen molar-refractivity contribution in [3.63, 3.8) is 0 Å². The summed E-state index contributed by atoms with van der Waals surface area (Å²) in [5, 5.41) is 0. The minimum atomic E-state index is -3.72. The third-order valence-corrected chi connectivity index (χ3v) is 7.31. The number of thioether (sulfide) groups is 1. The van der Waals surface area contributed by atoms with Gasteiger partial charge in [0.1, 0.15) is 0 Å². The lowest BCUT2D eigenvalue weighted by Crippen LogP contribution is -2.28. The van der Waals surface area contributed by atoms with Crippen LogP contribution in [0.5, 0.6) is 0 Å². The summed E-state index contributed by atoms with van der Waals surface area (Å²) in [7, 11) is -3.72. The number of benzene rings is 2. The first-order chi connectivity index (χ1) is 11.1. The van der Waals surface area contributed by atoms with E-state index < -0.39 is 14.4 Å². The molecule has 122 valence electrons. The molecule has 3 nitrogen and oxygen atoms in total. The van der Waals surface area contributed by atoms with Crippen LogP contribution in [0.2, 0.25) is 0 Å². The maximum absolute atomic E-state index is 12.9. The second-order valence-electron chi connectivity index (χ2n) is 5.14. The normalized spacial score (nSPS) is 12.7. The number of carbonyl (C=O) groups excluding carboxylic acids is 1. The molecule has 0 saturated carbocycles. The van der Waals surface area contributed by atoms with Crippen LogP contribution < -0.4 is 0 Å². The van der Waals surface area contributed by atoms with Gasteiger partial charge < -0.3 is 0 Å². The monoisotopic (exact) mass is 348 g/mol. The SMILES string of the molecule is CCCCSC(C(=O)c1ccccc1)S(=O)(=O)c1ccccc1. The quantitative estimate of drug-likeness (QED) is 0.530. The fraction of sp³-hybridized carbons (Fsp3) is 0.278. The molecule has 0 bridgehead atoms. The Labute approximate surface area is 142 Å². The highest BCUT2D eigenvalue weighted by Crippen LogP contribution is 2.28. The van der Waals surface area contributed by atoms with E-state index in [1.165, 1.54) is 11.8 Å². The molecule has 0 N–H and O–H groups in total. The van der Waals surface area contributed by atoms with E-state index in [0.29, 0.717) is 11.3 Å². The number of hydrogen-bond acceptors (Lipinski definition) is 4. The van der Waals surface area contributed by atoms with E-state index in [0.717, 1.165) is 12.8 Å². The summed E-state index contributed by atoms with van der Waals surface area (Å²) >= 11 is 1.21. The maximum atomic E-state index is 12.9. The Hall–Kier alpha value is -1.59. The van der Waals surface area contributed by atoms with E-state index in [4.69, 9.17) is 0 Å². The second-order valence-corrected chi connectivity index (χ2v) is 8.69. The van der Waals surface area contributed by atoms with Gasteiger partial charge in [-0.05, 0) is 24.3 Å². The Balaban J connectivity index is 2.36. The van der Waals surface area contributed by atoms with Crippen molar-refractivity contribution >= 4 is 27.4 Å². The van der Waals surface area contributed by atoms with Crippen molar-refractivity contribution in [2.45, 2.75) is 29.2 Å². The van der Waals surface area contributed by atoms with Gasteiger partial charge in [0.05, 0.1) is 4.90 Å². The van der Waals surface area contributed by atoms with Gasteiger partial charge in [0.25, 0.3) is 0 Å². The fourth-order valence-corrected chi connectivity index (χ4v) is 5.61. The smallest absolute Gasteiger partial charge is 0.198 e. The Kier molecular flexibility index (Phi) is 6.42. The summed E-state index contributed by atoms with van der Waals surface area (Å²) in [6.45, 7) is 2.04. The van der Waals surface area contributed by atoms with Crippen LogP contribution in [0.1, 0.15) is 30.1 Å². The molecular formula is C18H20O3S2. The van der Waals surface area contributed by atoms with Gasteiger partial charge in [0.2, 0.25) is 0 Å². The first-order valence-corrected chi connectivity index (χ1v) is 10.2. The predicted octanol–water partition coefficient (Wildman–Crippen LogP) is 4.20. The molecule has 1 atom stereocenters. The molecule has 0 saturated heterocycles. The Bertz CT molecular complexity index is 725. The lowest BCUT2D eigenvalue weighted by molar-refractivity contribution is 0.101. The Morgan fingerprint density at radius 1 is 1.00 bits per heavy atom. The van der Waals surface area contributed by atoms with Crippen LogP contribution in [0.4, 0.5) is 0 Å². The number of unbranched alkanes of at least 4 members (excludes halogenated alkanes) is 1. The third kappa shape index (κ3) is 4.45. The molecule has 5 heteroatoms. The van der Waals surface area contributed by atoms with E-state index in [1.54, 1.807) is 54.6 Å². The minimum Gasteiger partial charge on any atom is -0.292 e. The van der Waals surface area contributed by atoms with Crippen molar-refractivity contribution in [2.75, 3.05) is 5.75 Å². The van der Waals surface area contributed by atoms with E-state index >= 15 is 0 Å². The summed E-state index contributed by atoms with van der Waals surface area (Å²) in [4.78, 5) is 13.0. The molecule has 0 aliphatic carbocycles. The number of carbonyl (C=O) groups is 1. The molecule has 2 aromatic rings. The van der Waals surface area contributed by atoms with Gasteiger partial charge >= 0.3 is 0 Å². The van der Waals surface area contributed by atoms with Crippen LogP contribution in [0, 0.1) is 0 Å². The number of sulfone groups is 1. The summed E-state index contributed by atoms with van der Waals surface area (Å²) in [5.74, 6) is 0.293. The number of ketones is 1. The average Bonchev–Trinajstić information content (AvgIpc) is 2.59. The number of hydrogen-bond donors (Lipinski definition) is 0. The van der Waals surface area contributed by atoms with Crippen molar-refractivity contribution in [2.24, 2.45) is 0 Å². The van der Waals surface area contributed by atoms with Crippen molar-refractivity contribution in [1.82, 2.24) is 0 Å². The fourth-order valence-electron chi connectivity index (χ4n) is 2.11.